The van der Waals surface area contributed by atoms with Gasteiger partial charge in [0.15, 0.2) is 5.13 Å². The summed E-state index contributed by atoms with van der Waals surface area (Å²) in [5.74, 6) is 1.10. The average molecular weight is 376 g/mol. The monoisotopic (exact) mass is 376 g/mol. The van der Waals surface area contributed by atoms with Crippen LogP contribution >= 0.6 is 23.1 Å². The van der Waals surface area contributed by atoms with E-state index in [2.05, 4.69) is 20.5 Å². The number of para-hydroxylation sites is 2. The molecule has 0 unspecified atom stereocenters. The van der Waals surface area contributed by atoms with Crippen molar-refractivity contribution in [2.75, 3.05) is 12.0 Å². The number of thioether (sulfide) groups is 1. The average Bonchev–Trinajstić information content (AvgIpc) is 3.22. The molecule has 2 aromatic heterocycles. The number of ether oxygens (including phenoxy) is 1. The van der Waals surface area contributed by atoms with Crippen LogP contribution in [0.25, 0.3) is 0 Å². The van der Waals surface area contributed by atoms with Crippen LogP contribution in [0, 0.1) is 0 Å². The number of anilines is 2. The number of carbonyl (C=O) groups excluding carboxylic acids is 1. The Kier molecular flexibility index (Phi) is 5.29. The Morgan fingerprint density at radius 3 is 2.88 bits per heavy atom. The highest BCUT2D eigenvalue weighted by atomic mass is 32.2. The zero-order chi connectivity index (χ0) is 17.8. The Balaban J connectivity index is 1.83. The van der Waals surface area contributed by atoms with Gasteiger partial charge in [-0.2, -0.15) is 0 Å². The molecule has 130 valence electrons. The second-order valence-electron chi connectivity index (χ2n) is 5.02. The van der Waals surface area contributed by atoms with Gasteiger partial charge in [-0.1, -0.05) is 23.9 Å². The quantitative estimate of drug-likeness (QED) is 0.611. The van der Waals surface area contributed by atoms with Crippen molar-refractivity contribution in [1.29, 1.82) is 0 Å². The van der Waals surface area contributed by atoms with Crippen LogP contribution in [0.4, 0.5) is 10.8 Å². The summed E-state index contributed by atoms with van der Waals surface area (Å²) < 4.78 is 6.97. The number of methoxy groups -OCH3 is 1. The van der Waals surface area contributed by atoms with E-state index < -0.39 is 0 Å². The van der Waals surface area contributed by atoms with Gasteiger partial charge in [0.2, 0.25) is 11.1 Å². The van der Waals surface area contributed by atoms with Crippen molar-refractivity contribution in [3.8, 4) is 5.75 Å². The zero-order valence-electron chi connectivity index (χ0n) is 13.9. The molecule has 0 fully saturated rings. The van der Waals surface area contributed by atoms with Gasteiger partial charge in [-0.3, -0.25) is 9.69 Å². The van der Waals surface area contributed by atoms with Gasteiger partial charge in [-0.05, 0) is 22.6 Å². The first kappa shape index (κ1) is 17.4. The molecule has 3 aromatic rings. The lowest BCUT2D eigenvalue weighted by molar-refractivity contribution is -0.115. The fourth-order valence-corrected chi connectivity index (χ4v) is 3.90. The number of amides is 1. The molecule has 0 radical (unpaired) electrons. The van der Waals surface area contributed by atoms with Crippen molar-refractivity contribution in [1.82, 2.24) is 25.2 Å². The van der Waals surface area contributed by atoms with E-state index in [0.717, 1.165) is 5.69 Å². The van der Waals surface area contributed by atoms with Crippen LogP contribution in [-0.4, -0.2) is 38.2 Å². The van der Waals surface area contributed by atoms with Gasteiger partial charge < -0.3 is 4.74 Å². The summed E-state index contributed by atoms with van der Waals surface area (Å²) in [5, 5.41) is 14.6. The van der Waals surface area contributed by atoms with E-state index in [0.29, 0.717) is 27.5 Å². The smallest absolute Gasteiger partial charge is 0.230 e. The third-order valence-corrected chi connectivity index (χ3v) is 5.22. The van der Waals surface area contributed by atoms with Gasteiger partial charge in [0.1, 0.15) is 5.75 Å². The van der Waals surface area contributed by atoms with Crippen molar-refractivity contribution in [3.05, 3.63) is 35.3 Å². The molecule has 0 aliphatic rings. The summed E-state index contributed by atoms with van der Waals surface area (Å²) >= 11 is 2.89. The number of aryl methyl sites for hydroxylation is 1. The maximum Gasteiger partial charge on any atom is 0.230 e. The highest BCUT2D eigenvalue weighted by Crippen LogP contribution is 2.36. The van der Waals surface area contributed by atoms with Crippen LogP contribution in [-0.2, 0) is 17.6 Å². The lowest BCUT2D eigenvalue weighted by Crippen LogP contribution is -2.23. The maximum atomic E-state index is 12.2. The number of tetrazole rings is 1. The number of benzene rings is 1. The van der Waals surface area contributed by atoms with Gasteiger partial charge in [-0.15, -0.1) is 16.4 Å². The molecule has 0 aliphatic heterocycles. The minimum atomic E-state index is -0.129. The molecular formula is C15H16N6O2S2. The van der Waals surface area contributed by atoms with Crippen LogP contribution in [0.1, 0.15) is 12.6 Å². The highest BCUT2D eigenvalue weighted by Gasteiger charge is 2.21. The van der Waals surface area contributed by atoms with Gasteiger partial charge >= 0.3 is 0 Å². The lowest BCUT2D eigenvalue weighted by atomic mass is 10.2. The number of carbonyl (C=O) groups is 1. The predicted octanol–water partition coefficient (Wildman–Crippen LogP) is 2.65. The Bertz CT molecular complexity index is 878. The normalized spacial score (nSPS) is 10.7. The van der Waals surface area contributed by atoms with Crippen molar-refractivity contribution in [3.63, 3.8) is 0 Å². The molecule has 0 atom stereocenters. The molecular weight excluding hydrogens is 360 g/mol. The van der Waals surface area contributed by atoms with Crippen LogP contribution in [0.15, 0.2) is 34.8 Å². The Morgan fingerprint density at radius 1 is 1.40 bits per heavy atom. The van der Waals surface area contributed by atoms with Crippen molar-refractivity contribution in [2.45, 2.75) is 17.8 Å². The number of aromatic nitrogens is 5. The first-order valence-electron chi connectivity index (χ1n) is 7.33. The minimum Gasteiger partial charge on any atom is -0.495 e. The Labute approximate surface area is 152 Å². The van der Waals surface area contributed by atoms with E-state index in [1.807, 2.05) is 29.6 Å². The molecule has 0 saturated heterocycles. The predicted molar refractivity (Wildman–Crippen MR) is 96.3 cm³/mol. The summed E-state index contributed by atoms with van der Waals surface area (Å²) in [5.41, 5.74) is 1.53. The van der Waals surface area contributed by atoms with Gasteiger partial charge in [0.25, 0.3) is 0 Å². The third kappa shape index (κ3) is 3.80. The minimum absolute atomic E-state index is 0.129. The summed E-state index contributed by atoms with van der Waals surface area (Å²) in [6, 6.07) is 7.37. The molecule has 0 aliphatic carbocycles. The molecule has 8 nitrogen and oxygen atoms in total. The zero-order valence-corrected chi connectivity index (χ0v) is 15.5. The molecule has 1 amide bonds. The maximum absolute atomic E-state index is 12.2. The second kappa shape index (κ2) is 7.62. The van der Waals surface area contributed by atoms with E-state index in [-0.39, 0.29) is 5.91 Å². The van der Waals surface area contributed by atoms with E-state index >= 15 is 0 Å². The largest absolute Gasteiger partial charge is 0.495 e. The summed E-state index contributed by atoms with van der Waals surface area (Å²) in [6.07, 6.45) is 0. The SMILES string of the molecule is COc1ccccc1N(C(C)=O)c1nc(CSc2nnnn2C)cs1. The van der Waals surface area contributed by atoms with Crippen molar-refractivity contribution in [2.24, 2.45) is 7.05 Å². The summed E-state index contributed by atoms with van der Waals surface area (Å²) in [7, 11) is 3.37. The topological polar surface area (TPSA) is 86.0 Å². The van der Waals surface area contributed by atoms with E-state index in [4.69, 9.17) is 4.74 Å². The van der Waals surface area contributed by atoms with Gasteiger partial charge in [0, 0.05) is 25.1 Å². The van der Waals surface area contributed by atoms with Gasteiger partial charge in [0.05, 0.1) is 18.5 Å². The molecule has 1 aromatic carbocycles. The fourth-order valence-electron chi connectivity index (χ4n) is 2.17. The molecule has 0 spiro atoms. The van der Waals surface area contributed by atoms with E-state index in [1.165, 1.54) is 30.0 Å². The molecule has 0 bridgehead atoms. The first-order valence-corrected chi connectivity index (χ1v) is 9.20. The highest BCUT2D eigenvalue weighted by molar-refractivity contribution is 7.98. The van der Waals surface area contributed by atoms with Crippen molar-refractivity contribution >= 4 is 39.8 Å². The molecule has 2 heterocycles. The molecule has 3 rings (SSSR count). The molecule has 25 heavy (non-hydrogen) atoms. The number of rotatable bonds is 6. The van der Waals surface area contributed by atoms with Gasteiger partial charge in [-0.25, -0.2) is 9.67 Å². The standard InChI is InChI=1S/C15H16N6O2S2/c1-10(22)21(12-6-4-5-7-13(12)23-3)14-16-11(8-24-14)9-25-15-17-18-19-20(15)2/h4-8H,9H2,1-3H3. The van der Waals surface area contributed by atoms with E-state index in [1.54, 1.807) is 23.7 Å². The second-order valence-corrected chi connectivity index (χ2v) is 6.80. The number of thiazole rings is 1. The molecule has 0 N–H and O–H groups in total. The first-order chi connectivity index (χ1) is 12.1. The number of hydrogen-bond acceptors (Lipinski definition) is 8. The van der Waals surface area contributed by atoms with Crippen LogP contribution < -0.4 is 9.64 Å². The lowest BCUT2D eigenvalue weighted by Gasteiger charge is -2.20. The van der Waals surface area contributed by atoms with E-state index in [9.17, 15) is 4.79 Å². The van der Waals surface area contributed by atoms with Crippen LogP contribution in [0.2, 0.25) is 0 Å². The van der Waals surface area contributed by atoms with Crippen molar-refractivity contribution < 1.29 is 9.53 Å². The molecule has 10 heteroatoms. The van der Waals surface area contributed by atoms with Crippen LogP contribution in [0.3, 0.4) is 0 Å². The summed E-state index contributed by atoms with van der Waals surface area (Å²) in [4.78, 5) is 18.4. The number of hydrogen-bond donors (Lipinski definition) is 0. The Hall–Kier alpha value is -2.46. The molecule has 0 saturated carbocycles. The summed E-state index contributed by atoms with van der Waals surface area (Å²) in [6.45, 7) is 1.51. The third-order valence-electron chi connectivity index (χ3n) is 3.30. The fraction of sp³-hybridized carbons (Fsp3) is 0.267. The number of nitrogens with zero attached hydrogens (tertiary/aromatic N) is 6. The Morgan fingerprint density at radius 2 is 2.20 bits per heavy atom. The van der Waals surface area contributed by atoms with Crippen LogP contribution in [0.5, 0.6) is 5.75 Å².